The summed E-state index contributed by atoms with van der Waals surface area (Å²) >= 11 is 0. The van der Waals surface area contributed by atoms with Crippen LogP contribution in [0.15, 0.2) is 42.5 Å². The SMILES string of the molecule is COc1ccc(C2(C#Cc3ccc([N+](=O)[O-])cc3)CC(N)C2)cc1OC1CCCC1.Cl. The molecule has 6 nitrogen and oxygen atoms in total. The molecular weight excluding hydrogens is 416 g/mol. The van der Waals surface area contributed by atoms with Gasteiger partial charge in [-0.2, -0.15) is 0 Å². The summed E-state index contributed by atoms with van der Waals surface area (Å²) < 4.78 is 11.8. The van der Waals surface area contributed by atoms with E-state index >= 15 is 0 Å². The first-order valence-electron chi connectivity index (χ1n) is 10.4. The standard InChI is InChI=1S/C24H26N2O4.ClH/c1-29-22-11-8-18(14-23(22)30-21-4-2-3-5-21)24(15-19(25)16-24)13-12-17-6-9-20(10-7-17)26(27)28;/h6-11,14,19,21H,2-5,15-16,25H2,1H3;1H. The molecule has 0 bridgehead atoms. The van der Waals surface area contributed by atoms with Gasteiger partial charge in [0.2, 0.25) is 0 Å². The Bertz CT molecular complexity index is 985. The molecule has 0 saturated heterocycles. The predicted molar refractivity (Wildman–Crippen MR) is 122 cm³/mol. The molecule has 2 N–H and O–H groups in total. The summed E-state index contributed by atoms with van der Waals surface area (Å²) in [7, 11) is 1.65. The Balaban J connectivity index is 0.00000272. The van der Waals surface area contributed by atoms with E-state index < -0.39 is 4.92 Å². The molecule has 0 amide bonds. The van der Waals surface area contributed by atoms with Gasteiger partial charge in [0.25, 0.3) is 5.69 Å². The highest BCUT2D eigenvalue weighted by atomic mass is 35.5. The summed E-state index contributed by atoms with van der Waals surface area (Å²) in [5.41, 5.74) is 7.68. The molecule has 0 atom stereocenters. The van der Waals surface area contributed by atoms with Gasteiger partial charge in [-0.3, -0.25) is 10.1 Å². The second kappa shape index (κ2) is 9.59. The van der Waals surface area contributed by atoms with Gasteiger partial charge in [0.05, 0.1) is 23.6 Å². The van der Waals surface area contributed by atoms with Crippen molar-refractivity contribution in [3.63, 3.8) is 0 Å². The normalized spacial score (nSPS) is 22.5. The first-order valence-corrected chi connectivity index (χ1v) is 10.4. The highest BCUT2D eigenvalue weighted by molar-refractivity contribution is 5.85. The zero-order valence-electron chi connectivity index (χ0n) is 17.5. The van der Waals surface area contributed by atoms with Crippen molar-refractivity contribution in [1.29, 1.82) is 0 Å². The fraction of sp³-hybridized carbons (Fsp3) is 0.417. The molecule has 0 aromatic heterocycles. The maximum absolute atomic E-state index is 10.8. The number of hydrogen-bond donors (Lipinski definition) is 1. The van der Waals surface area contributed by atoms with E-state index in [1.165, 1.54) is 25.0 Å². The molecule has 4 rings (SSSR count). The van der Waals surface area contributed by atoms with Gasteiger partial charge in [-0.15, -0.1) is 12.4 Å². The van der Waals surface area contributed by atoms with Gasteiger partial charge in [0.15, 0.2) is 11.5 Å². The number of nitro groups is 1. The summed E-state index contributed by atoms with van der Waals surface area (Å²) in [6.07, 6.45) is 6.31. The molecule has 0 aliphatic heterocycles. The van der Waals surface area contributed by atoms with Crippen LogP contribution in [0.3, 0.4) is 0 Å². The van der Waals surface area contributed by atoms with Crippen molar-refractivity contribution in [2.24, 2.45) is 5.73 Å². The van der Waals surface area contributed by atoms with Crippen molar-refractivity contribution in [3.05, 3.63) is 63.7 Å². The maximum atomic E-state index is 10.8. The van der Waals surface area contributed by atoms with Crippen LogP contribution in [-0.4, -0.2) is 24.2 Å². The van der Waals surface area contributed by atoms with Crippen LogP contribution < -0.4 is 15.2 Å². The number of nitro benzene ring substituents is 1. The second-order valence-corrected chi connectivity index (χ2v) is 8.19. The van der Waals surface area contributed by atoms with Crippen LogP contribution in [0.1, 0.15) is 49.7 Å². The molecule has 7 heteroatoms. The lowest BCUT2D eigenvalue weighted by Gasteiger charge is -2.43. The molecule has 2 aromatic carbocycles. The molecule has 2 saturated carbocycles. The third-order valence-corrected chi connectivity index (χ3v) is 6.06. The van der Waals surface area contributed by atoms with Crippen LogP contribution in [0, 0.1) is 22.0 Å². The van der Waals surface area contributed by atoms with Gasteiger partial charge >= 0.3 is 0 Å². The maximum Gasteiger partial charge on any atom is 0.269 e. The molecule has 2 aromatic rings. The van der Waals surface area contributed by atoms with Gasteiger partial charge in [-0.1, -0.05) is 17.9 Å². The van der Waals surface area contributed by atoms with Crippen LogP contribution in [0.2, 0.25) is 0 Å². The summed E-state index contributed by atoms with van der Waals surface area (Å²) in [6, 6.07) is 12.5. The van der Waals surface area contributed by atoms with Crippen molar-refractivity contribution < 1.29 is 14.4 Å². The van der Waals surface area contributed by atoms with Crippen molar-refractivity contribution in [3.8, 4) is 23.3 Å². The third kappa shape index (κ3) is 4.95. The predicted octanol–water partition coefficient (Wildman–Crippen LogP) is 4.76. The van der Waals surface area contributed by atoms with Gasteiger partial charge in [-0.25, -0.2) is 0 Å². The number of rotatable bonds is 5. The van der Waals surface area contributed by atoms with E-state index in [2.05, 4.69) is 11.8 Å². The highest BCUT2D eigenvalue weighted by Gasteiger charge is 2.43. The molecule has 164 valence electrons. The fourth-order valence-corrected chi connectivity index (χ4v) is 4.36. The van der Waals surface area contributed by atoms with E-state index in [-0.39, 0.29) is 35.7 Å². The van der Waals surface area contributed by atoms with E-state index in [0.717, 1.165) is 48.3 Å². The van der Waals surface area contributed by atoms with Gasteiger partial charge in [0.1, 0.15) is 0 Å². The number of ether oxygens (including phenoxy) is 2. The lowest BCUT2D eigenvalue weighted by molar-refractivity contribution is -0.384. The van der Waals surface area contributed by atoms with Crippen LogP contribution in [0.5, 0.6) is 11.5 Å². The summed E-state index contributed by atoms with van der Waals surface area (Å²) in [5, 5.41) is 10.8. The molecule has 2 aliphatic rings. The number of nitrogens with zero attached hydrogens (tertiary/aromatic N) is 1. The average molecular weight is 443 g/mol. The minimum Gasteiger partial charge on any atom is -0.493 e. The van der Waals surface area contributed by atoms with Gasteiger partial charge < -0.3 is 15.2 Å². The van der Waals surface area contributed by atoms with E-state index in [4.69, 9.17) is 15.2 Å². The minimum absolute atomic E-state index is 0. The zero-order valence-corrected chi connectivity index (χ0v) is 18.3. The number of hydrogen-bond acceptors (Lipinski definition) is 5. The lowest BCUT2D eigenvalue weighted by Crippen LogP contribution is -2.48. The highest BCUT2D eigenvalue weighted by Crippen LogP contribution is 2.45. The quantitative estimate of drug-likeness (QED) is 0.410. The largest absolute Gasteiger partial charge is 0.493 e. The first kappa shape index (κ1) is 22.9. The Morgan fingerprint density at radius 1 is 1.10 bits per heavy atom. The fourth-order valence-electron chi connectivity index (χ4n) is 4.36. The van der Waals surface area contributed by atoms with E-state index in [1.54, 1.807) is 19.2 Å². The van der Waals surface area contributed by atoms with Crippen molar-refractivity contribution >= 4 is 18.1 Å². The van der Waals surface area contributed by atoms with Gasteiger partial charge in [-0.05, 0) is 68.4 Å². The Hall–Kier alpha value is -2.75. The number of nitrogens with two attached hydrogens (primary N) is 1. The van der Waals surface area contributed by atoms with Gasteiger partial charge in [0, 0.05) is 23.7 Å². The average Bonchev–Trinajstić information content (AvgIpc) is 3.23. The molecule has 0 unspecified atom stereocenters. The monoisotopic (exact) mass is 442 g/mol. The molecule has 2 aliphatic carbocycles. The molecule has 0 heterocycles. The zero-order chi connectivity index (χ0) is 21.1. The summed E-state index contributed by atoms with van der Waals surface area (Å²) in [5.74, 6) is 8.09. The van der Waals surface area contributed by atoms with Crippen LogP contribution in [0.25, 0.3) is 0 Å². The first-order chi connectivity index (χ1) is 14.5. The van der Waals surface area contributed by atoms with Crippen molar-refractivity contribution in [2.75, 3.05) is 7.11 Å². The Labute approximate surface area is 188 Å². The van der Waals surface area contributed by atoms with Crippen LogP contribution >= 0.6 is 12.4 Å². The van der Waals surface area contributed by atoms with Crippen LogP contribution in [-0.2, 0) is 5.41 Å². The van der Waals surface area contributed by atoms with E-state index in [1.807, 2.05) is 18.2 Å². The molecular formula is C24H27ClN2O4. The molecule has 0 spiro atoms. The number of halogens is 1. The van der Waals surface area contributed by atoms with Crippen molar-refractivity contribution in [2.45, 2.75) is 56.1 Å². The molecule has 2 fully saturated rings. The third-order valence-electron chi connectivity index (χ3n) is 6.06. The Morgan fingerprint density at radius 3 is 2.35 bits per heavy atom. The summed E-state index contributed by atoms with van der Waals surface area (Å²) in [4.78, 5) is 10.4. The molecule has 31 heavy (non-hydrogen) atoms. The molecule has 0 radical (unpaired) electrons. The number of benzene rings is 2. The van der Waals surface area contributed by atoms with Crippen molar-refractivity contribution in [1.82, 2.24) is 0 Å². The van der Waals surface area contributed by atoms with Crippen LogP contribution in [0.4, 0.5) is 5.69 Å². The smallest absolute Gasteiger partial charge is 0.269 e. The second-order valence-electron chi connectivity index (χ2n) is 8.19. The number of non-ortho nitro benzene ring substituents is 1. The topological polar surface area (TPSA) is 87.6 Å². The lowest BCUT2D eigenvalue weighted by atomic mass is 9.62. The van der Waals surface area contributed by atoms with E-state index in [9.17, 15) is 10.1 Å². The number of methoxy groups -OCH3 is 1. The Kier molecular flexibility index (Phi) is 7.09. The Morgan fingerprint density at radius 2 is 1.77 bits per heavy atom. The van der Waals surface area contributed by atoms with E-state index in [0.29, 0.717) is 0 Å². The summed E-state index contributed by atoms with van der Waals surface area (Å²) in [6.45, 7) is 0. The minimum atomic E-state index is -0.410.